The molecule has 7 nitrogen and oxygen atoms in total. The highest BCUT2D eigenvalue weighted by molar-refractivity contribution is 9.10. The number of benzene rings is 2. The number of halogens is 1. The molecule has 0 atom stereocenters. The van der Waals surface area contributed by atoms with Crippen LogP contribution in [0.15, 0.2) is 46.9 Å². The first-order chi connectivity index (χ1) is 13.5. The molecule has 3 rings (SSSR count). The first kappa shape index (κ1) is 20.0. The number of nitro benzene ring substituents is 1. The van der Waals surface area contributed by atoms with Crippen molar-refractivity contribution in [2.24, 2.45) is 0 Å². The Morgan fingerprint density at radius 2 is 1.68 bits per heavy atom. The van der Waals surface area contributed by atoms with Crippen molar-refractivity contribution in [3.05, 3.63) is 68.2 Å². The molecule has 1 heterocycles. The number of ether oxygens (including phenoxy) is 1. The molecule has 8 heteroatoms. The van der Waals surface area contributed by atoms with Crippen molar-refractivity contribution in [2.45, 2.75) is 19.3 Å². The van der Waals surface area contributed by atoms with Crippen LogP contribution in [-0.4, -0.2) is 36.4 Å². The predicted molar refractivity (Wildman–Crippen MR) is 108 cm³/mol. The number of hydrogen-bond acceptors (Lipinski definition) is 6. The molecule has 1 fully saturated rings. The Hall–Kier alpha value is -2.74. The SMILES string of the molecule is O=C(COC(=O)c1ccc(N2CCCCC2)c([N+](=O)[O-])c1)c1ccc(Br)cc1. The number of esters is 1. The topological polar surface area (TPSA) is 89.8 Å². The molecule has 0 radical (unpaired) electrons. The van der Waals surface area contributed by atoms with Crippen molar-refractivity contribution in [3.8, 4) is 0 Å². The monoisotopic (exact) mass is 446 g/mol. The fourth-order valence-corrected chi connectivity index (χ4v) is 3.40. The molecule has 0 bridgehead atoms. The van der Waals surface area contributed by atoms with Crippen molar-refractivity contribution in [1.82, 2.24) is 0 Å². The van der Waals surface area contributed by atoms with E-state index < -0.39 is 17.5 Å². The molecule has 0 amide bonds. The predicted octanol–water partition coefficient (Wildman–Crippen LogP) is 4.39. The Kier molecular flexibility index (Phi) is 6.41. The Morgan fingerprint density at radius 1 is 1.04 bits per heavy atom. The number of carbonyl (C=O) groups excluding carboxylic acids is 2. The van der Waals surface area contributed by atoms with Gasteiger partial charge in [-0.2, -0.15) is 0 Å². The molecule has 2 aromatic rings. The molecule has 0 aromatic heterocycles. The van der Waals surface area contributed by atoms with Crippen LogP contribution >= 0.6 is 15.9 Å². The number of carbonyl (C=O) groups is 2. The standard InChI is InChI=1S/C20H19BrN2O5/c21-16-7-4-14(5-8-16)19(24)13-28-20(25)15-6-9-17(18(12-15)23(26)27)22-10-2-1-3-11-22/h4-9,12H,1-3,10-11,13H2. The number of nitro groups is 1. The van der Waals surface area contributed by atoms with Crippen molar-refractivity contribution in [3.63, 3.8) is 0 Å². The Morgan fingerprint density at radius 3 is 2.32 bits per heavy atom. The number of ketones is 1. The lowest BCUT2D eigenvalue weighted by atomic mass is 10.1. The Labute approximate surface area is 170 Å². The summed E-state index contributed by atoms with van der Waals surface area (Å²) in [7, 11) is 0. The molecule has 28 heavy (non-hydrogen) atoms. The maximum Gasteiger partial charge on any atom is 0.338 e. The van der Waals surface area contributed by atoms with Gasteiger partial charge in [-0.05, 0) is 43.5 Å². The van der Waals surface area contributed by atoms with Crippen molar-refractivity contribution in [2.75, 3.05) is 24.6 Å². The van der Waals surface area contributed by atoms with Gasteiger partial charge in [-0.1, -0.05) is 28.1 Å². The second-order valence-corrected chi connectivity index (χ2v) is 7.43. The second-order valence-electron chi connectivity index (χ2n) is 6.51. The lowest BCUT2D eigenvalue weighted by Gasteiger charge is -2.28. The van der Waals surface area contributed by atoms with Crippen LogP contribution in [0.25, 0.3) is 0 Å². The largest absolute Gasteiger partial charge is 0.454 e. The molecule has 0 spiro atoms. The summed E-state index contributed by atoms with van der Waals surface area (Å²) < 4.78 is 5.89. The first-order valence-electron chi connectivity index (χ1n) is 8.95. The summed E-state index contributed by atoms with van der Waals surface area (Å²) in [6.45, 7) is 1.08. The minimum Gasteiger partial charge on any atom is -0.454 e. The van der Waals surface area contributed by atoms with Crippen LogP contribution in [0.1, 0.15) is 40.0 Å². The fourth-order valence-electron chi connectivity index (χ4n) is 3.13. The molecule has 1 saturated heterocycles. The van der Waals surface area contributed by atoms with E-state index in [1.165, 1.54) is 12.1 Å². The highest BCUT2D eigenvalue weighted by Crippen LogP contribution is 2.31. The maximum atomic E-state index is 12.3. The number of Topliss-reactive ketones (excluding diaryl/α,β-unsaturated/α-hetero) is 1. The van der Waals surface area contributed by atoms with E-state index in [-0.39, 0.29) is 17.0 Å². The molecule has 1 aliphatic heterocycles. The zero-order valence-corrected chi connectivity index (χ0v) is 16.7. The molecule has 2 aromatic carbocycles. The van der Waals surface area contributed by atoms with Gasteiger partial charge >= 0.3 is 5.97 Å². The third-order valence-corrected chi connectivity index (χ3v) is 5.13. The van der Waals surface area contributed by atoms with E-state index in [2.05, 4.69) is 15.9 Å². The van der Waals surface area contributed by atoms with Crippen LogP contribution in [0.5, 0.6) is 0 Å². The highest BCUT2D eigenvalue weighted by Gasteiger charge is 2.23. The highest BCUT2D eigenvalue weighted by atomic mass is 79.9. The number of nitrogens with zero attached hydrogens (tertiary/aromatic N) is 2. The van der Waals surface area contributed by atoms with Crippen LogP contribution in [-0.2, 0) is 4.74 Å². The Balaban J connectivity index is 1.70. The summed E-state index contributed by atoms with van der Waals surface area (Å²) in [5.74, 6) is -1.11. The average Bonchev–Trinajstić information content (AvgIpc) is 2.72. The van der Waals surface area contributed by atoms with E-state index in [4.69, 9.17) is 4.74 Å². The summed E-state index contributed by atoms with van der Waals surface area (Å²) in [5.41, 5.74) is 0.848. The summed E-state index contributed by atoms with van der Waals surface area (Å²) >= 11 is 3.29. The summed E-state index contributed by atoms with van der Waals surface area (Å²) in [6, 6.07) is 11.0. The van der Waals surface area contributed by atoms with Gasteiger partial charge in [-0.15, -0.1) is 0 Å². The third-order valence-electron chi connectivity index (χ3n) is 4.61. The van der Waals surface area contributed by atoms with E-state index >= 15 is 0 Å². The van der Waals surface area contributed by atoms with E-state index in [1.54, 1.807) is 30.3 Å². The van der Waals surface area contributed by atoms with Gasteiger partial charge in [0.15, 0.2) is 12.4 Å². The molecule has 0 N–H and O–H groups in total. The van der Waals surface area contributed by atoms with Crippen LogP contribution in [0.3, 0.4) is 0 Å². The van der Waals surface area contributed by atoms with Gasteiger partial charge in [0, 0.05) is 29.2 Å². The van der Waals surface area contributed by atoms with Gasteiger partial charge < -0.3 is 9.64 Å². The summed E-state index contributed by atoms with van der Waals surface area (Å²) in [4.78, 5) is 37.4. The van der Waals surface area contributed by atoms with Gasteiger partial charge in [-0.25, -0.2) is 4.79 Å². The van der Waals surface area contributed by atoms with Gasteiger partial charge in [0.05, 0.1) is 10.5 Å². The van der Waals surface area contributed by atoms with E-state index in [9.17, 15) is 19.7 Å². The minimum atomic E-state index is -0.765. The van der Waals surface area contributed by atoms with E-state index in [0.29, 0.717) is 11.3 Å². The number of rotatable bonds is 6. The van der Waals surface area contributed by atoms with Crippen LogP contribution in [0.4, 0.5) is 11.4 Å². The number of hydrogen-bond donors (Lipinski definition) is 0. The maximum absolute atomic E-state index is 12.3. The molecule has 1 aliphatic rings. The average molecular weight is 447 g/mol. The third kappa shape index (κ3) is 4.75. The van der Waals surface area contributed by atoms with Crippen LogP contribution in [0.2, 0.25) is 0 Å². The molecule has 0 saturated carbocycles. The number of anilines is 1. The fraction of sp³-hybridized carbons (Fsp3) is 0.300. The normalized spacial score (nSPS) is 13.8. The van der Waals surface area contributed by atoms with Gasteiger partial charge in [0.2, 0.25) is 0 Å². The minimum absolute atomic E-state index is 0.0519. The van der Waals surface area contributed by atoms with Crippen LogP contribution in [0, 0.1) is 10.1 Å². The molecule has 146 valence electrons. The van der Waals surface area contributed by atoms with E-state index in [1.807, 2.05) is 4.90 Å². The molecule has 0 aliphatic carbocycles. The van der Waals surface area contributed by atoms with Crippen molar-refractivity contribution < 1.29 is 19.2 Å². The van der Waals surface area contributed by atoms with Gasteiger partial charge in [0.25, 0.3) is 5.69 Å². The Bertz CT molecular complexity index is 892. The zero-order chi connectivity index (χ0) is 20.1. The zero-order valence-electron chi connectivity index (χ0n) is 15.1. The van der Waals surface area contributed by atoms with Crippen molar-refractivity contribution >= 4 is 39.1 Å². The quantitative estimate of drug-likeness (QED) is 0.283. The van der Waals surface area contributed by atoms with Crippen LogP contribution < -0.4 is 4.90 Å². The molecule has 0 unspecified atom stereocenters. The van der Waals surface area contributed by atoms with Gasteiger partial charge in [0.1, 0.15) is 5.69 Å². The van der Waals surface area contributed by atoms with Gasteiger partial charge in [-0.3, -0.25) is 14.9 Å². The number of piperidine rings is 1. The van der Waals surface area contributed by atoms with Crippen molar-refractivity contribution in [1.29, 1.82) is 0 Å². The first-order valence-corrected chi connectivity index (χ1v) is 9.74. The second kappa shape index (κ2) is 8.97. The summed E-state index contributed by atoms with van der Waals surface area (Å²) in [5, 5.41) is 11.5. The summed E-state index contributed by atoms with van der Waals surface area (Å²) in [6.07, 6.45) is 3.08. The van der Waals surface area contributed by atoms with E-state index in [0.717, 1.165) is 36.8 Å². The molecular formula is C20H19BrN2O5. The lowest BCUT2D eigenvalue weighted by Crippen LogP contribution is -2.30. The smallest absolute Gasteiger partial charge is 0.338 e. The lowest BCUT2D eigenvalue weighted by molar-refractivity contribution is -0.384. The molecular weight excluding hydrogens is 428 g/mol.